The quantitative estimate of drug-likeness (QED) is 0.840. The van der Waals surface area contributed by atoms with Crippen molar-refractivity contribution in [1.82, 2.24) is 5.32 Å². The smallest absolute Gasteiger partial charge is 0.251 e. The molecule has 0 aromatic heterocycles. The highest BCUT2D eigenvalue weighted by molar-refractivity contribution is 5.95. The molecule has 4 nitrogen and oxygen atoms in total. The number of rotatable bonds is 6. The number of ether oxygens (including phenoxy) is 1. The van der Waals surface area contributed by atoms with Gasteiger partial charge in [0, 0.05) is 30.4 Å². The second kappa shape index (κ2) is 6.75. The van der Waals surface area contributed by atoms with Gasteiger partial charge in [-0.1, -0.05) is 6.07 Å². The van der Waals surface area contributed by atoms with Gasteiger partial charge in [0.2, 0.25) is 0 Å². The third kappa shape index (κ3) is 3.51. The molecule has 2 N–H and O–H groups in total. The van der Waals surface area contributed by atoms with Gasteiger partial charge in [-0.25, -0.2) is 0 Å². The number of amides is 1. The number of hydrogen-bond donors (Lipinski definition) is 2. The lowest BCUT2D eigenvalue weighted by Gasteiger charge is -2.36. The van der Waals surface area contributed by atoms with E-state index >= 15 is 0 Å². The summed E-state index contributed by atoms with van der Waals surface area (Å²) in [6.07, 6.45) is 2.47. The SMILES string of the molecule is CCNC(=O)c1ccc(C)c(NC2CC(OCC)C2)c1. The summed E-state index contributed by atoms with van der Waals surface area (Å²) in [7, 11) is 0. The number of carbonyl (C=O) groups is 1. The Kier molecular flexibility index (Phi) is 5.01. The minimum Gasteiger partial charge on any atom is -0.382 e. The lowest BCUT2D eigenvalue weighted by molar-refractivity contribution is 0.00298. The van der Waals surface area contributed by atoms with E-state index in [1.165, 1.54) is 0 Å². The molecule has 0 atom stereocenters. The second-order valence-electron chi connectivity index (χ2n) is 5.28. The van der Waals surface area contributed by atoms with Crippen LogP contribution >= 0.6 is 0 Å². The van der Waals surface area contributed by atoms with Crippen molar-refractivity contribution in [2.24, 2.45) is 0 Å². The van der Waals surface area contributed by atoms with E-state index in [0.717, 1.165) is 30.7 Å². The van der Waals surface area contributed by atoms with Crippen molar-refractivity contribution in [3.05, 3.63) is 29.3 Å². The third-order valence-corrected chi connectivity index (χ3v) is 3.69. The Labute approximate surface area is 120 Å². The summed E-state index contributed by atoms with van der Waals surface area (Å²) in [4.78, 5) is 11.9. The maximum atomic E-state index is 11.9. The first kappa shape index (κ1) is 14.9. The third-order valence-electron chi connectivity index (χ3n) is 3.69. The Morgan fingerprint density at radius 1 is 1.35 bits per heavy atom. The van der Waals surface area contributed by atoms with E-state index in [-0.39, 0.29) is 5.91 Å². The zero-order chi connectivity index (χ0) is 14.5. The average Bonchev–Trinajstić information content (AvgIpc) is 2.38. The number of aryl methyl sites for hydroxylation is 1. The molecule has 0 saturated heterocycles. The number of nitrogens with one attached hydrogen (secondary N) is 2. The van der Waals surface area contributed by atoms with Crippen molar-refractivity contribution in [2.75, 3.05) is 18.5 Å². The predicted octanol–water partition coefficient (Wildman–Crippen LogP) is 2.72. The summed E-state index contributed by atoms with van der Waals surface area (Å²) in [5.74, 6) is -0.0173. The van der Waals surface area contributed by atoms with Crippen LogP contribution in [0.15, 0.2) is 18.2 Å². The van der Waals surface area contributed by atoms with Crippen molar-refractivity contribution >= 4 is 11.6 Å². The summed E-state index contributed by atoms with van der Waals surface area (Å²) < 4.78 is 5.57. The summed E-state index contributed by atoms with van der Waals surface area (Å²) in [6.45, 7) is 7.44. The summed E-state index contributed by atoms with van der Waals surface area (Å²) in [6, 6.07) is 6.25. The molecule has 0 aliphatic heterocycles. The molecule has 1 aliphatic carbocycles. The molecular formula is C16H24N2O2. The fraction of sp³-hybridized carbons (Fsp3) is 0.562. The van der Waals surface area contributed by atoms with E-state index in [0.29, 0.717) is 24.3 Å². The van der Waals surface area contributed by atoms with E-state index in [2.05, 4.69) is 17.6 Å². The van der Waals surface area contributed by atoms with Crippen molar-refractivity contribution in [2.45, 2.75) is 45.8 Å². The molecule has 0 heterocycles. The van der Waals surface area contributed by atoms with Crippen molar-refractivity contribution < 1.29 is 9.53 Å². The first-order chi connectivity index (χ1) is 9.63. The first-order valence-corrected chi connectivity index (χ1v) is 7.41. The number of anilines is 1. The van der Waals surface area contributed by atoms with Crippen LogP contribution in [0.5, 0.6) is 0 Å². The van der Waals surface area contributed by atoms with Gasteiger partial charge in [0.15, 0.2) is 0 Å². The number of hydrogen-bond acceptors (Lipinski definition) is 3. The van der Waals surface area contributed by atoms with Crippen molar-refractivity contribution in [3.8, 4) is 0 Å². The lowest BCUT2D eigenvalue weighted by Crippen LogP contribution is -2.41. The molecule has 1 fully saturated rings. The number of carbonyl (C=O) groups excluding carboxylic acids is 1. The maximum absolute atomic E-state index is 11.9. The highest BCUT2D eigenvalue weighted by Gasteiger charge is 2.29. The summed E-state index contributed by atoms with van der Waals surface area (Å²) in [5, 5.41) is 6.34. The van der Waals surface area contributed by atoms with Crippen LogP contribution in [0.2, 0.25) is 0 Å². The van der Waals surface area contributed by atoms with Crippen molar-refractivity contribution in [3.63, 3.8) is 0 Å². The Balaban J connectivity index is 1.97. The fourth-order valence-electron chi connectivity index (χ4n) is 2.46. The summed E-state index contributed by atoms with van der Waals surface area (Å²) >= 11 is 0. The molecule has 0 radical (unpaired) electrons. The Morgan fingerprint density at radius 3 is 2.75 bits per heavy atom. The zero-order valence-corrected chi connectivity index (χ0v) is 12.5. The van der Waals surface area contributed by atoms with Crippen LogP contribution in [0.3, 0.4) is 0 Å². The molecule has 1 aliphatic rings. The molecule has 4 heteroatoms. The van der Waals surface area contributed by atoms with Crippen LogP contribution < -0.4 is 10.6 Å². The Morgan fingerprint density at radius 2 is 2.10 bits per heavy atom. The van der Waals surface area contributed by atoms with E-state index in [9.17, 15) is 4.79 Å². The van der Waals surface area contributed by atoms with E-state index in [1.807, 2.05) is 32.0 Å². The molecule has 0 bridgehead atoms. The van der Waals surface area contributed by atoms with Crippen LogP contribution in [-0.4, -0.2) is 31.2 Å². The van der Waals surface area contributed by atoms with Crippen LogP contribution in [0, 0.1) is 6.92 Å². The molecule has 1 aromatic rings. The van der Waals surface area contributed by atoms with Gasteiger partial charge < -0.3 is 15.4 Å². The van der Waals surface area contributed by atoms with Gasteiger partial charge >= 0.3 is 0 Å². The molecule has 1 saturated carbocycles. The van der Waals surface area contributed by atoms with E-state index < -0.39 is 0 Å². The maximum Gasteiger partial charge on any atom is 0.251 e. The van der Waals surface area contributed by atoms with Gasteiger partial charge in [-0.2, -0.15) is 0 Å². The molecule has 0 spiro atoms. The molecule has 2 rings (SSSR count). The van der Waals surface area contributed by atoms with Gasteiger partial charge in [0.1, 0.15) is 0 Å². The van der Waals surface area contributed by atoms with Gasteiger partial charge in [-0.15, -0.1) is 0 Å². The van der Waals surface area contributed by atoms with E-state index in [1.54, 1.807) is 0 Å². The predicted molar refractivity (Wildman–Crippen MR) is 81.2 cm³/mol. The minimum atomic E-state index is -0.0173. The molecule has 110 valence electrons. The van der Waals surface area contributed by atoms with Crippen LogP contribution in [-0.2, 0) is 4.74 Å². The second-order valence-corrected chi connectivity index (χ2v) is 5.28. The topological polar surface area (TPSA) is 50.4 Å². The van der Waals surface area contributed by atoms with E-state index in [4.69, 9.17) is 4.74 Å². The van der Waals surface area contributed by atoms with Gasteiger partial charge in [-0.3, -0.25) is 4.79 Å². The highest BCUT2D eigenvalue weighted by atomic mass is 16.5. The molecule has 0 unspecified atom stereocenters. The summed E-state index contributed by atoms with van der Waals surface area (Å²) in [5.41, 5.74) is 2.92. The van der Waals surface area contributed by atoms with Crippen LogP contribution in [0.1, 0.15) is 42.6 Å². The largest absolute Gasteiger partial charge is 0.382 e. The average molecular weight is 276 g/mol. The monoisotopic (exact) mass is 276 g/mol. The van der Waals surface area contributed by atoms with Gasteiger partial charge in [0.05, 0.1) is 6.10 Å². The molecule has 1 aromatic carbocycles. The Hall–Kier alpha value is -1.55. The standard InChI is InChI=1S/C16H24N2O2/c1-4-17-16(19)12-7-6-11(3)15(8-12)18-13-9-14(10-13)20-5-2/h6-8,13-14,18H,4-5,9-10H2,1-3H3,(H,17,19). The zero-order valence-electron chi connectivity index (χ0n) is 12.5. The molecule has 20 heavy (non-hydrogen) atoms. The van der Waals surface area contributed by atoms with Crippen LogP contribution in [0.4, 0.5) is 5.69 Å². The van der Waals surface area contributed by atoms with Gasteiger partial charge in [-0.05, 0) is 51.3 Å². The normalized spacial score (nSPS) is 21.1. The van der Waals surface area contributed by atoms with Gasteiger partial charge in [0.25, 0.3) is 5.91 Å². The number of benzene rings is 1. The minimum absolute atomic E-state index is 0.0173. The van der Waals surface area contributed by atoms with Crippen LogP contribution in [0.25, 0.3) is 0 Å². The first-order valence-electron chi connectivity index (χ1n) is 7.41. The fourth-order valence-corrected chi connectivity index (χ4v) is 2.46. The lowest BCUT2D eigenvalue weighted by atomic mass is 9.88. The van der Waals surface area contributed by atoms with Crippen molar-refractivity contribution in [1.29, 1.82) is 0 Å². The molecular weight excluding hydrogens is 252 g/mol. The highest BCUT2D eigenvalue weighted by Crippen LogP contribution is 2.28. The molecule has 1 amide bonds. The Bertz CT molecular complexity index is 468.